The largest absolute Gasteiger partial charge is 0.445 e. The molecule has 1 saturated carbocycles. The number of benzene rings is 1. The van der Waals surface area contributed by atoms with Gasteiger partial charge in [0.2, 0.25) is 0 Å². The Kier molecular flexibility index (Phi) is 4.94. The highest BCUT2D eigenvalue weighted by Crippen LogP contribution is 2.41. The van der Waals surface area contributed by atoms with Crippen LogP contribution in [0.5, 0.6) is 0 Å². The second-order valence-electron chi connectivity index (χ2n) is 6.61. The number of hydrogen-bond donors (Lipinski definition) is 0. The smallest absolute Gasteiger partial charge is 0.410 e. The molecule has 0 unspecified atom stereocenters. The zero-order chi connectivity index (χ0) is 17.1. The summed E-state index contributed by atoms with van der Waals surface area (Å²) >= 11 is 1.74. The molecule has 0 spiro atoms. The Labute approximate surface area is 151 Å². The summed E-state index contributed by atoms with van der Waals surface area (Å²) in [5.41, 5.74) is 1.01. The Bertz CT molecular complexity index is 709. The van der Waals surface area contributed by atoms with E-state index >= 15 is 0 Å². The molecule has 6 nitrogen and oxygen atoms in total. The molecule has 25 heavy (non-hydrogen) atoms. The van der Waals surface area contributed by atoms with E-state index in [0.29, 0.717) is 25.6 Å². The summed E-state index contributed by atoms with van der Waals surface area (Å²) in [6.07, 6.45) is 2.30. The maximum absolute atomic E-state index is 12.2. The van der Waals surface area contributed by atoms with Gasteiger partial charge in [0.1, 0.15) is 16.6 Å². The van der Waals surface area contributed by atoms with Crippen molar-refractivity contribution < 1.29 is 9.53 Å². The number of aromatic nitrogens is 2. The summed E-state index contributed by atoms with van der Waals surface area (Å²) in [6.45, 7) is 4.24. The summed E-state index contributed by atoms with van der Waals surface area (Å²) in [5, 5.41) is 10.9. The van der Waals surface area contributed by atoms with E-state index in [1.54, 1.807) is 16.2 Å². The number of carbonyl (C=O) groups is 1. The molecule has 0 radical (unpaired) electrons. The molecule has 1 amide bonds. The van der Waals surface area contributed by atoms with E-state index in [2.05, 4.69) is 15.1 Å². The molecule has 4 rings (SSSR count). The maximum Gasteiger partial charge on any atom is 0.410 e. The molecule has 2 aliphatic rings. The van der Waals surface area contributed by atoms with Crippen LogP contribution in [0.25, 0.3) is 0 Å². The molecular formula is C18H22N4O2S. The molecule has 1 aromatic carbocycles. The second kappa shape index (κ2) is 7.49. The lowest BCUT2D eigenvalue weighted by molar-refractivity contribution is 0.0700. The lowest BCUT2D eigenvalue weighted by Crippen LogP contribution is -2.48. The van der Waals surface area contributed by atoms with Gasteiger partial charge in [-0.1, -0.05) is 41.7 Å². The summed E-state index contributed by atoms with van der Waals surface area (Å²) < 4.78 is 5.41. The van der Waals surface area contributed by atoms with Crippen molar-refractivity contribution in [2.75, 3.05) is 26.2 Å². The van der Waals surface area contributed by atoms with Gasteiger partial charge in [-0.2, -0.15) is 0 Å². The highest BCUT2D eigenvalue weighted by atomic mass is 32.1. The normalized spacial score (nSPS) is 18.3. The third kappa shape index (κ3) is 4.35. The molecule has 2 aromatic rings. The van der Waals surface area contributed by atoms with Gasteiger partial charge >= 0.3 is 6.09 Å². The predicted octanol–water partition coefficient (Wildman–Crippen LogP) is 2.87. The fourth-order valence-electron chi connectivity index (χ4n) is 2.92. The first-order valence-corrected chi connectivity index (χ1v) is 9.60. The van der Waals surface area contributed by atoms with E-state index in [4.69, 9.17) is 4.74 Å². The van der Waals surface area contributed by atoms with E-state index < -0.39 is 0 Å². The third-order valence-electron chi connectivity index (χ3n) is 4.60. The molecule has 0 bridgehead atoms. The molecule has 7 heteroatoms. The lowest BCUT2D eigenvalue weighted by atomic mass is 10.2. The molecule has 1 saturated heterocycles. The molecule has 1 aromatic heterocycles. The van der Waals surface area contributed by atoms with Crippen LogP contribution in [0.1, 0.15) is 34.3 Å². The Morgan fingerprint density at radius 2 is 1.88 bits per heavy atom. The number of ether oxygens (including phenoxy) is 1. The van der Waals surface area contributed by atoms with E-state index in [0.717, 1.165) is 30.2 Å². The van der Waals surface area contributed by atoms with Crippen LogP contribution >= 0.6 is 11.3 Å². The van der Waals surface area contributed by atoms with Crippen molar-refractivity contribution in [1.82, 2.24) is 20.0 Å². The van der Waals surface area contributed by atoms with Crippen molar-refractivity contribution in [2.24, 2.45) is 0 Å². The first-order chi connectivity index (χ1) is 12.3. The predicted molar refractivity (Wildman–Crippen MR) is 95.4 cm³/mol. The highest BCUT2D eigenvalue weighted by molar-refractivity contribution is 7.11. The number of nitrogens with zero attached hydrogens (tertiary/aromatic N) is 4. The summed E-state index contributed by atoms with van der Waals surface area (Å²) in [7, 11) is 0. The van der Waals surface area contributed by atoms with Crippen LogP contribution in [0.4, 0.5) is 4.79 Å². The van der Waals surface area contributed by atoms with Crippen molar-refractivity contribution in [3.05, 3.63) is 45.9 Å². The van der Waals surface area contributed by atoms with E-state index in [1.807, 2.05) is 30.3 Å². The van der Waals surface area contributed by atoms with Crippen molar-refractivity contribution in [1.29, 1.82) is 0 Å². The summed E-state index contributed by atoms with van der Waals surface area (Å²) in [6, 6.07) is 9.77. The number of carbonyl (C=O) groups excluding carboxylic acids is 1. The Balaban J connectivity index is 1.21. The number of rotatable bonds is 5. The topological polar surface area (TPSA) is 58.6 Å². The molecule has 0 N–H and O–H groups in total. The first-order valence-electron chi connectivity index (χ1n) is 8.78. The van der Waals surface area contributed by atoms with Gasteiger partial charge in [-0.3, -0.25) is 4.90 Å². The minimum atomic E-state index is -0.226. The molecular weight excluding hydrogens is 336 g/mol. The third-order valence-corrected chi connectivity index (χ3v) is 5.67. The minimum absolute atomic E-state index is 0.226. The average molecular weight is 358 g/mol. The molecule has 132 valence electrons. The van der Waals surface area contributed by atoms with Gasteiger partial charge in [0.25, 0.3) is 0 Å². The standard InChI is InChI=1S/C18H22N4O2S/c23-18(24-13-14-4-2-1-3-5-14)22-10-8-21(9-11-22)12-16-19-20-17(25-16)15-6-7-15/h1-5,15H,6-13H2. The van der Waals surface area contributed by atoms with Crippen LogP contribution in [0, 0.1) is 0 Å². The van der Waals surface area contributed by atoms with Crippen LogP contribution in [0.15, 0.2) is 30.3 Å². The average Bonchev–Trinajstić information content (AvgIpc) is 3.41. The van der Waals surface area contributed by atoms with Crippen LogP contribution in [-0.2, 0) is 17.9 Å². The highest BCUT2D eigenvalue weighted by Gasteiger charge is 2.28. The minimum Gasteiger partial charge on any atom is -0.445 e. The Hall–Kier alpha value is -1.99. The van der Waals surface area contributed by atoms with Gasteiger partial charge in [-0.05, 0) is 18.4 Å². The fraction of sp³-hybridized carbons (Fsp3) is 0.500. The molecule has 1 aliphatic heterocycles. The van der Waals surface area contributed by atoms with Crippen molar-refractivity contribution in [3.63, 3.8) is 0 Å². The molecule has 1 aliphatic carbocycles. The molecule has 2 heterocycles. The van der Waals surface area contributed by atoms with Crippen molar-refractivity contribution in [3.8, 4) is 0 Å². The maximum atomic E-state index is 12.2. The Morgan fingerprint density at radius 3 is 2.60 bits per heavy atom. The van der Waals surface area contributed by atoms with E-state index in [-0.39, 0.29) is 6.09 Å². The van der Waals surface area contributed by atoms with Gasteiger partial charge < -0.3 is 9.64 Å². The molecule has 2 fully saturated rings. The number of amides is 1. The van der Waals surface area contributed by atoms with Crippen molar-refractivity contribution >= 4 is 17.4 Å². The summed E-state index contributed by atoms with van der Waals surface area (Å²) in [5.74, 6) is 0.669. The SMILES string of the molecule is O=C(OCc1ccccc1)N1CCN(Cc2nnc(C3CC3)s2)CC1. The quantitative estimate of drug-likeness (QED) is 0.823. The van der Waals surface area contributed by atoms with E-state index in [1.165, 1.54) is 17.8 Å². The van der Waals surface area contributed by atoms with Crippen molar-refractivity contribution in [2.45, 2.75) is 31.9 Å². The van der Waals surface area contributed by atoms with Gasteiger partial charge in [-0.25, -0.2) is 4.79 Å². The fourth-order valence-corrected chi connectivity index (χ4v) is 3.97. The summed E-state index contributed by atoms with van der Waals surface area (Å²) in [4.78, 5) is 16.3. The monoisotopic (exact) mass is 358 g/mol. The van der Waals surface area contributed by atoms with Crippen LogP contribution in [-0.4, -0.2) is 52.3 Å². The van der Waals surface area contributed by atoms with Gasteiger partial charge in [0.15, 0.2) is 0 Å². The van der Waals surface area contributed by atoms with Crippen LogP contribution < -0.4 is 0 Å². The van der Waals surface area contributed by atoms with E-state index in [9.17, 15) is 4.79 Å². The van der Waals surface area contributed by atoms with Crippen LogP contribution in [0.3, 0.4) is 0 Å². The zero-order valence-corrected chi connectivity index (χ0v) is 15.0. The van der Waals surface area contributed by atoms with Gasteiger partial charge in [0, 0.05) is 32.1 Å². The Morgan fingerprint density at radius 1 is 1.12 bits per heavy atom. The van der Waals surface area contributed by atoms with Gasteiger partial charge in [0.05, 0.1) is 6.54 Å². The number of piperazine rings is 1. The molecule has 0 atom stereocenters. The first kappa shape index (κ1) is 16.5. The second-order valence-corrected chi connectivity index (χ2v) is 7.71. The van der Waals surface area contributed by atoms with Crippen LogP contribution in [0.2, 0.25) is 0 Å². The number of hydrogen-bond acceptors (Lipinski definition) is 6. The lowest BCUT2D eigenvalue weighted by Gasteiger charge is -2.33. The zero-order valence-electron chi connectivity index (χ0n) is 14.1. The van der Waals surface area contributed by atoms with Gasteiger partial charge in [-0.15, -0.1) is 10.2 Å².